The van der Waals surface area contributed by atoms with E-state index in [2.05, 4.69) is 30.6 Å². The van der Waals surface area contributed by atoms with Crippen molar-refractivity contribution in [3.63, 3.8) is 0 Å². The van der Waals surface area contributed by atoms with E-state index in [1.54, 1.807) is 32.0 Å². The van der Waals surface area contributed by atoms with Gasteiger partial charge in [-0.1, -0.05) is 26.0 Å². The number of anilines is 4. The summed E-state index contributed by atoms with van der Waals surface area (Å²) in [5.74, 6) is -0.726. The van der Waals surface area contributed by atoms with E-state index in [1.807, 2.05) is 0 Å². The molecule has 2 heterocycles. The minimum atomic E-state index is -4.70. The zero-order chi connectivity index (χ0) is 23.7. The van der Waals surface area contributed by atoms with Gasteiger partial charge in [0, 0.05) is 19.3 Å². The number of carbonyl (C=O) groups is 1. The van der Waals surface area contributed by atoms with Gasteiger partial charge < -0.3 is 16.0 Å². The molecule has 0 fully saturated rings. The van der Waals surface area contributed by atoms with Gasteiger partial charge in [-0.15, -0.1) is 0 Å². The summed E-state index contributed by atoms with van der Waals surface area (Å²) < 4.78 is 65.4. The quantitative estimate of drug-likeness (QED) is 0.466. The summed E-state index contributed by atoms with van der Waals surface area (Å²) in [7, 11) is -3.45. The first-order chi connectivity index (χ1) is 14.7. The Morgan fingerprint density at radius 2 is 1.91 bits per heavy atom. The van der Waals surface area contributed by atoms with Crippen LogP contribution < -0.4 is 20.7 Å². The zero-order valence-corrected chi connectivity index (χ0v) is 18.4. The first kappa shape index (κ1) is 23.7. The molecule has 0 unspecified atom stereocenters. The van der Waals surface area contributed by atoms with Crippen LogP contribution in [0.25, 0.3) is 0 Å². The van der Waals surface area contributed by atoms with Crippen LogP contribution in [0, 0.1) is 5.41 Å². The highest BCUT2D eigenvalue weighted by Gasteiger charge is 2.36. The molecule has 3 rings (SSSR count). The number of halogens is 3. The van der Waals surface area contributed by atoms with E-state index < -0.39 is 33.0 Å². The Morgan fingerprint density at radius 3 is 2.56 bits per heavy atom. The van der Waals surface area contributed by atoms with E-state index in [-0.39, 0.29) is 31.4 Å². The van der Waals surface area contributed by atoms with Crippen LogP contribution in [-0.2, 0) is 27.4 Å². The Kier molecular flexibility index (Phi) is 6.33. The molecule has 1 aliphatic heterocycles. The van der Waals surface area contributed by atoms with Crippen LogP contribution >= 0.6 is 0 Å². The molecule has 13 heteroatoms. The summed E-state index contributed by atoms with van der Waals surface area (Å²) >= 11 is 0. The van der Waals surface area contributed by atoms with E-state index in [0.29, 0.717) is 17.6 Å². The van der Waals surface area contributed by atoms with Crippen LogP contribution in [0.3, 0.4) is 0 Å². The second kappa shape index (κ2) is 8.54. The van der Waals surface area contributed by atoms with Crippen molar-refractivity contribution >= 4 is 39.1 Å². The van der Waals surface area contributed by atoms with E-state index >= 15 is 0 Å². The van der Waals surface area contributed by atoms with Gasteiger partial charge in [-0.05, 0) is 17.0 Å². The van der Waals surface area contributed by atoms with Gasteiger partial charge in [0.05, 0.1) is 24.1 Å². The number of carbonyl (C=O) groups excluding carboxylic acids is 1. The number of alkyl halides is 3. The van der Waals surface area contributed by atoms with E-state index in [1.165, 1.54) is 0 Å². The Labute approximate surface area is 183 Å². The summed E-state index contributed by atoms with van der Waals surface area (Å²) in [5, 5.41) is 8.22. The van der Waals surface area contributed by atoms with E-state index in [9.17, 15) is 26.4 Å². The van der Waals surface area contributed by atoms with Crippen molar-refractivity contribution in [2.75, 3.05) is 35.3 Å². The van der Waals surface area contributed by atoms with Crippen molar-refractivity contribution in [3.05, 3.63) is 35.5 Å². The average Bonchev–Trinajstić information content (AvgIpc) is 3.05. The van der Waals surface area contributed by atoms with Gasteiger partial charge in [0.1, 0.15) is 11.4 Å². The SMILES string of the molecule is CC(C)(CNc1nc(Nc2cccc3c2NC(=O)C3)ncc1C(F)(F)F)CNS(C)(=O)=O. The Hall–Kier alpha value is -2.93. The van der Waals surface area contributed by atoms with Crippen molar-refractivity contribution in [1.82, 2.24) is 14.7 Å². The van der Waals surface area contributed by atoms with Gasteiger partial charge in [0.15, 0.2) is 0 Å². The second-order valence-corrected chi connectivity index (χ2v) is 10.1. The minimum absolute atomic E-state index is 0.00580. The number of para-hydroxylation sites is 1. The molecule has 9 nitrogen and oxygen atoms in total. The molecule has 1 aliphatic rings. The molecule has 0 radical (unpaired) electrons. The topological polar surface area (TPSA) is 125 Å². The van der Waals surface area contributed by atoms with Crippen LogP contribution in [0.1, 0.15) is 25.0 Å². The zero-order valence-electron chi connectivity index (χ0n) is 17.6. The van der Waals surface area contributed by atoms with Gasteiger partial charge in [-0.2, -0.15) is 18.2 Å². The normalized spacial score (nSPS) is 14.1. The standard InChI is InChI=1S/C19H23F3N6O3S/c1-18(2,10-25-32(3,30)31)9-24-16-12(19(20,21)22)8-23-17(28-16)26-13-6-4-5-11-7-14(29)27-15(11)13/h4-6,8,25H,7,9-10H2,1-3H3,(H,27,29)(H2,23,24,26,28). The molecule has 0 bridgehead atoms. The fourth-order valence-corrected chi connectivity index (χ4v) is 3.63. The minimum Gasteiger partial charge on any atom is -0.369 e. The molecule has 0 aliphatic carbocycles. The number of benzene rings is 1. The lowest BCUT2D eigenvalue weighted by Crippen LogP contribution is -2.37. The lowest BCUT2D eigenvalue weighted by Gasteiger charge is -2.26. The molecule has 0 spiro atoms. The fourth-order valence-electron chi connectivity index (χ4n) is 2.97. The van der Waals surface area contributed by atoms with Gasteiger partial charge in [0.2, 0.25) is 21.9 Å². The molecule has 32 heavy (non-hydrogen) atoms. The number of hydrogen-bond acceptors (Lipinski definition) is 7. The first-order valence-electron chi connectivity index (χ1n) is 9.55. The Morgan fingerprint density at radius 1 is 1.19 bits per heavy atom. The predicted octanol–water partition coefficient (Wildman–Crippen LogP) is 2.72. The maximum atomic E-state index is 13.5. The van der Waals surface area contributed by atoms with Gasteiger partial charge in [-0.3, -0.25) is 4.79 Å². The maximum Gasteiger partial charge on any atom is 0.421 e. The summed E-state index contributed by atoms with van der Waals surface area (Å²) in [6, 6.07) is 5.13. The molecule has 0 saturated carbocycles. The van der Waals surface area contributed by atoms with Crippen LogP contribution in [0.5, 0.6) is 0 Å². The maximum absolute atomic E-state index is 13.5. The smallest absolute Gasteiger partial charge is 0.369 e. The van der Waals surface area contributed by atoms with Crippen molar-refractivity contribution in [2.45, 2.75) is 26.4 Å². The van der Waals surface area contributed by atoms with Crippen molar-refractivity contribution in [3.8, 4) is 0 Å². The monoisotopic (exact) mass is 472 g/mol. The average molecular weight is 472 g/mol. The lowest BCUT2D eigenvalue weighted by molar-refractivity contribution is -0.137. The third-order valence-corrected chi connectivity index (χ3v) is 5.32. The van der Waals surface area contributed by atoms with Gasteiger partial charge >= 0.3 is 6.18 Å². The molecular formula is C19H23F3N6O3S. The third kappa shape index (κ3) is 6.07. The molecular weight excluding hydrogens is 449 g/mol. The van der Waals surface area contributed by atoms with Crippen LogP contribution in [0.4, 0.5) is 36.3 Å². The predicted molar refractivity (Wildman–Crippen MR) is 114 cm³/mol. The number of rotatable bonds is 8. The lowest BCUT2D eigenvalue weighted by atomic mass is 9.94. The first-order valence-corrected chi connectivity index (χ1v) is 11.4. The van der Waals surface area contributed by atoms with Crippen LogP contribution in [0.15, 0.2) is 24.4 Å². The largest absolute Gasteiger partial charge is 0.421 e. The number of sulfonamides is 1. The number of aromatic nitrogens is 2. The van der Waals surface area contributed by atoms with E-state index in [4.69, 9.17) is 0 Å². The Balaban J connectivity index is 1.83. The highest BCUT2D eigenvalue weighted by atomic mass is 32.2. The number of amides is 1. The summed E-state index contributed by atoms with van der Waals surface area (Å²) in [6.45, 7) is 3.42. The third-order valence-electron chi connectivity index (χ3n) is 4.65. The van der Waals surface area contributed by atoms with E-state index in [0.717, 1.165) is 11.8 Å². The fraction of sp³-hybridized carbons (Fsp3) is 0.421. The molecule has 0 atom stereocenters. The molecule has 1 aromatic heterocycles. The van der Waals surface area contributed by atoms with Gasteiger partial charge in [0.25, 0.3) is 0 Å². The number of fused-ring (bicyclic) bond motifs is 1. The Bertz CT molecular complexity index is 1140. The highest BCUT2D eigenvalue weighted by molar-refractivity contribution is 7.88. The summed E-state index contributed by atoms with van der Waals surface area (Å²) in [4.78, 5) is 19.4. The molecule has 1 aromatic carbocycles. The van der Waals surface area contributed by atoms with Crippen molar-refractivity contribution in [2.24, 2.45) is 5.41 Å². The van der Waals surface area contributed by atoms with Crippen molar-refractivity contribution < 1.29 is 26.4 Å². The molecule has 4 N–H and O–H groups in total. The number of nitrogens with one attached hydrogen (secondary N) is 4. The highest BCUT2D eigenvalue weighted by Crippen LogP contribution is 2.36. The molecule has 1 amide bonds. The number of nitrogens with zero attached hydrogens (tertiary/aromatic N) is 2. The molecule has 174 valence electrons. The summed E-state index contributed by atoms with van der Waals surface area (Å²) in [6.07, 6.45) is -2.81. The van der Waals surface area contributed by atoms with Crippen LogP contribution in [-0.4, -0.2) is 43.6 Å². The van der Waals surface area contributed by atoms with Crippen LogP contribution in [0.2, 0.25) is 0 Å². The molecule has 2 aromatic rings. The van der Waals surface area contributed by atoms with Gasteiger partial charge in [-0.25, -0.2) is 18.1 Å². The second-order valence-electron chi connectivity index (χ2n) is 8.25. The summed E-state index contributed by atoms with van der Waals surface area (Å²) in [5.41, 5.74) is -0.0261. The number of hydrogen-bond donors (Lipinski definition) is 4. The molecule has 0 saturated heterocycles. The van der Waals surface area contributed by atoms with Crippen molar-refractivity contribution in [1.29, 1.82) is 0 Å².